The average molecular weight is 356 g/mol. The molecule has 0 aliphatic rings. The maximum absolute atomic E-state index is 12.4. The molecule has 0 spiro atoms. The molecule has 0 amide bonds. The van der Waals surface area contributed by atoms with Gasteiger partial charge in [0.25, 0.3) is 5.69 Å². The highest BCUT2D eigenvalue weighted by Crippen LogP contribution is 2.28. The second-order valence-corrected chi connectivity index (χ2v) is 6.26. The lowest BCUT2D eigenvalue weighted by atomic mass is 10.0. The normalized spacial score (nSPS) is 11.3. The number of aromatic amines is 1. The van der Waals surface area contributed by atoms with Gasteiger partial charge in [-0.25, -0.2) is 0 Å². The third-order valence-electron chi connectivity index (χ3n) is 4.75. The molecule has 0 saturated carbocycles. The number of hydrogen-bond donors (Lipinski definition) is 1. The Morgan fingerprint density at radius 3 is 2.38 bits per heavy atom. The van der Waals surface area contributed by atoms with Gasteiger partial charge in [-0.2, -0.15) is 0 Å². The quantitative estimate of drug-likeness (QED) is 0.417. The number of nitro benzene ring substituents is 1. The van der Waals surface area contributed by atoms with Crippen LogP contribution in [0.4, 0.5) is 5.69 Å². The maximum atomic E-state index is 12.4. The number of nitrogens with zero attached hydrogens (tertiary/aromatic N) is 3. The van der Waals surface area contributed by atoms with Crippen LogP contribution < -0.4 is 11.1 Å². The summed E-state index contributed by atoms with van der Waals surface area (Å²) in [5.41, 5.74) is -0.448. The molecule has 0 unspecified atom stereocenters. The van der Waals surface area contributed by atoms with Crippen molar-refractivity contribution in [3.63, 3.8) is 0 Å². The van der Waals surface area contributed by atoms with Gasteiger partial charge >= 0.3 is 11.1 Å². The van der Waals surface area contributed by atoms with Crippen molar-refractivity contribution in [2.45, 2.75) is 33.2 Å². The van der Waals surface area contributed by atoms with Crippen LogP contribution in [0.1, 0.15) is 26.7 Å². The Morgan fingerprint density at radius 1 is 1.15 bits per heavy atom. The summed E-state index contributed by atoms with van der Waals surface area (Å²) in [7, 11) is 0. The molecule has 2 aromatic heterocycles. The van der Waals surface area contributed by atoms with Gasteiger partial charge in [0, 0.05) is 25.0 Å². The molecule has 2 heterocycles. The van der Waals surface area contributed by atoms with E-state index in [-0.39, 0.29) is 17.1 Å². The van der Waals surface area contributed by atoms with Crippen LogP contribution in [0.2, 0.25) is 0 Å². The molecule has 3 aromatic rings. The van der Waals surface area contributed by atoms with E-state index in [1.165, 1.54) is 10.6 Å². The standard InChI is InChI=1S/C18H20N4O4/c1-3-12(4-2)11-21-14-10-15(20-7-5-6-8-20)16(22(25)26)9-13(14)19-17(23)18(21)24/h5-10,12H,3-4,11H2,1-2H3,(H,19,23). The summed E-state index contributed by atoms with van der Waals surface area (Å²) >= 11 is 0. The highest BCUT2D eigenvalue weighted by molar-refractivity contribution is 5.82. The molecule has 0 aliphatic heterocycles. The van der Waals surface area contributed by atoms with Gasteiger partial charge in [0.15, 0.2) is 0 Å². The van der Waals surface area contributed by atoms with Crippen molar-refractivity contribution < 1.29 is 4.92 Å². The first-order chi connectivity index (χ1) is 12.5. The Balaban J connectivity index is 2.35. The Morgan fingerprint density at radius 2 is 1.81 bits per heavy atom. The number of nitrogens with one attached hydrogen (secondary N) is 1. The van der Waals surface area contributed by atoms with E-state index in [9.17, 15) is 19.7 Å². The molecule has 26 heavy (non-hydrogen) atoms. The summed E-state index contributed by atoms with van der Waals surface area (Å²) in [6.45, 7) is 4.46. The fraction of sp³-hybridized carbons (Fsp3) is 0.333. The summed E-state index contributed by atoms with van der Waals surface area (Å²) in [6, 6.07) is 6.43. The topological polar surface area (TPSA) is 103 Å². The van der Waals surface area contributed by atoms with Gasteiger partial charge in [0.2, 0.25) is 0 Å². The number of nitro groups is 1. The van der Waals surface area contributed by atoms with Gasteiger partial charge in [-0.15, -0.1) is 0 Å². The van der Waals surface area contributed by atoms with Crippen molar-refractivity contribution in [2.24, 2.45) is 5.92 Å². The largest absolute Gasteiger partial charge is 0.318 e. The zero-order valence-corrected chi connectivity index (χ0v) is 14.6. The van der Waals surface area contributed by atoms with Crippen LogP contribution in [0.3, 0.4) is 0 Å². The van der Waals surface area contributed by atoms with Gasteiger partial charge < -0.3 is 14.1 Å². The highest BCUT2D eigenvalue weighted by Gasteiger charge is 2.20. The predicted molar refractivity (Wildman–Crippen MR) is 98.9 cm³/mol. The second kappa shape index (κ2) is 6.99. The number of benzene rings is 1. The molecule has 0 saturated heterocycles. The number of fused-ring (bicyclic) bond motifs is 1. The first-order valence-corrected chi connectivity index (χ1v) is 8.54. The molecular formula is C18H20N4O4. The van der Waals surface area contributed by atoms with Crippen molar-refractivity contribution in [3.8, 4) is 5.69 Å². The Labute approximate surface area is 148 Å². The Kier molecular flexibility index (Phi) is 4.75. The SMILES string of the molecule is CCC(CC)Cn1c(=O)c(=O)[nH]c2cc([N+](=O)[O-])c(-n3cccc3)cc21. The minimum atomic E-state index is -0.772. The van der Waals surface area contributed by atoms with Gasteiger partial charge in [-0.1, -0.05) is 26.7 Å². The molecular weight excluding hydrogens is 336 g/mol. The molecule has 3 rings (SSSR count). The number of H-pyrrole nitrogens is 1. The molecule has 8 nitrogen and oxygen atoms in total. The van der Waals surface area contributed by atoms with E-state index in [0.29, 0.717) is 17.7 Å². The third kappa shape index (κ3) is 3.05. The Bertz CT molecular complexity index is 1060. The monoisotopic (exact) mass is 356 g/mol. The van der Waals surface area contributed by atoms with Crippen molar-refractivity contribution in [1.29, 1.82) is 0 Å². The maximum Gasteiger partial charge on any atom is 0.316 e. The zero-order valence-electron chi connectivity index (χ0n) is 14.6. The van der Waals surface area contributed by atoms with E-state index in [1.807, 2.05) is 13.8 Å². The van der Waals surface area contributed by atoms with Crippen LogP contribution in [0.25, 0.3) is 16.7 Å². The van der Waals surface area contributed by atoms with Crippen molar-refractivity contribution in [3.05, 3.63) is 67.5 Å². The molecule has 0 radical (unpaired) electrons. The number of hydrogen-bond acceptors (Lipinski definition) is 4. The number of aromatic nitrogens is 3. The second-order valence-electron chi connectivity index (χ2n) is 6.26. The van der Waals surface area contributed by atoms with Gasteiger partial charge in [0.1, 0.15) is 5.69 Å². The summed E-state index contributed by atoms with van der Waals surface area (Å²) in [6.07, 6.45) is 5.13. The van der Waals surface area contributed by atoms with E-state index in [0.717, 1.165) is 12.8 Å². The fourth-order valence-corrected chi connectivity index (χ4v) is 3.13. The molecule has 1 N–H and O–H groups in total. The van der Waals surface area contributed by atoms with Gasteiger partial charge in [0.05, 0.1) is 16.0 Å². The molecule has 1 aromatic carbocycles. The van der Waals surface area contributed by atoms with E-state index in [2.05, 4.69) is 4.98 Å². The minimum absolute atomic E-state index is 0.142. The van der Waals surface area contributed by atoms with Crippen molar-refractivity contribution in [1.82, 2.24) is 14.1 Å². The van der Waals surface area contributed by atoms with E-state index in [1.54, 1.807) is 35.2 Å². The van der Waals surface area contributed by atoms with Crippen LogP contribution in [0.5, 0.6) is 0 Å². The zero-order chi connectivity index (χ0) is 18.8. The third-order valence-corrected chi connectivity index (χ3v) is 4.75. The Hall–Kier alpha value is -3.16. The van der Waals surface area contributed by atoms with Crippen molar-refractivity contribution in [2.75, 3.05) is 0 Å². The summed E-state index contributed by atoms with van der Waals surface area (Å²) in [5, 5.41) is 11.5. The lowest BCUT2D eigenvalue weighted by Crippen LogP contribution is -2.37. The van der Waals surface area contributed by atoms with Gasteiger partial charge in [-0.05, 0) is 24.1 Å². The van der Waals surface area contributed by atoms with E-state index < -0.39 is 16.0 Å². The summed E-state index contributed by atoms with van der Waals surface area (Å²) in [5.74, 6) is 0.239. The van der Waals surface area contributed by atoms with Crippen LogP contribution >= 0.6 is 0 Å². The van der Waals surface area contributed by atoms with Crippen LogP contribution in [-0.2, 0) is 6.54 Å². The molecule has 0 fully saturated rings. The summed E-state index contributed by atoms with van der Waals surface area (Å²) in [4.78, 5) is 38.0. The minimum Gasteiger partial charge on any atom is -0.318 e. The highest BCUT2D eigenvalue weighted by atomic mass is 16.6. The first-order valence-electron chi connectivity index (χ1n) is 8.54. The molecule has 0 atom stereocenters. The van der Waals surface area contributed by atoms with Crippen LogP contribution in [0.15, 0.2) is 46.2 Å². The van der Waals surface area contributed by atoms with Crippen molar-refractivity contribution >= 4 is 16.7 Å². The lowest BCUT2D eigenvalue weighted by molar-refractivity contribution is -0.384. The van der Waals surface area contributed by atoms with Crippen LogP contribution in [0, 0.1) is 16.0 Å². The molecule has 0 aliphatic carbocycles. The average Bonchev–Trinajstić information content (AvgIpc) is 3.16. The molecule has 8 heteroatoms. The van der Waals surface area contributed by atoms with Gasteiger partial charge in [-0.3, -0.25) is 19.7 Å². The van der Waals surface area contributed by atoms with E-state index >= 15 is 0 Å². The lowest BCUT2D eigenvalue weighted by Gasteiger charge is -2.17. The smallest absolute Gasteiger partial charge is 0.316 e. The van der Waals surface area contributed by atoms with E-state index in [4.69, 9.17) is 0 Å². The molecule has 0 bridgehead atoms. The first kappa shape index (κ1) is 17.7. The summed E-state index contributed by atoms with van der Waals surface area (Å²) < 4.78 is 3.05. The van der Waals surface area contributed by atoms with Crippen LogP contribution in [-0.4, -0.2) is 19.0 Å². The predicted octanol–water partition coefficient (Wildman–Crippen LogP) is 2.82. The number of rotatable bonds is 6. The fourth-order valence-electron chi connectivity index (χ4n) is 3.13. The molecule has 136 valence electrons.